The molecular formula is C19H20FN3OS2. The minimum absolute atomic E-state index is 0.0445. The van der Waals surface area contributed by atoms with Gasteiger partial charge in [0.05, 0.1) is 17.5 Å². The average Bonchev–Trinajstić information content (AvgIpc) is 3.15. The van der Waals surface area contributed by atoms with Gasteiger partial charge in [0.25, 0.3) is 0 Å². The highest BCUT2D eigenvalue weighted by molar-refractivity contribution is 8.01. The molecule has 1 fully saturated rings. The summed E-state index contributed by atoms with van der Waals surface area (Å²) >= 11 is 2.85. The Bertz CT molecular complexity index is 807. The number of carbonyl (C=O) groups is 1. The van der Waals surface area contributed by atoms with Gasteiger partial charge in [0.1, 0.15) is 11.4 Å². The highest BCUT2D eigenvalue weighted by Gasteiger charge is 2.38. The third kappa shape index (κ3) is 4.08. The molecule has 4 nitrogen and oxygen atoms in total. The highest BCUT2D eigenvalue weighted by Crippen LogP contribution is 2.34. The Morgan fingerprint density at radius 3 is 2.69 bits per heavy atom. The van der Waals surface area contributed by atoms with Gasteiger partial charge in [-0.25, -0.2) is 9.37 Å². The Kier molecular flexibility index (Phi) is 5.94. The number of aromatic nitrogens is 1. The van der Waals surface area contributed by atoms with Gasteiger partial charge in [-0.2, -0.15) is 5.26 Å². The number of hydrogen-bond donors (Lipinski definition) is 0. The Labute approximate surface area is 161 Å². The molecule has 1 aromatic carbocycles. The fourth-order valence-corrected chi connectivity index (χ4v) is 4.94. The predicted octanol–water partition coefficient (Wildman–Crippen LogP) is 4.73. The number of nitriles is 1. The van der Waals surface area contributed by atoms with Crippen LogP contribution in [-0.2, 0) is 4.79 Å². The van der Waals surface area contributed by atoms with Crippen LogP contribution in [0.1, 0.15) is 32.1 Å². The maximum absolute atomic E-state index is 13.0. The molecule has 0 spiro atoms. The van der Waals surface area contributed by atoms with Crippen LogP contribution in [0.4, 0.5) is 4.39 Å². The highest BCUT2D eigenvalue weighted by atomic mass is 32.2. The summed E-state index contributed by atoms with van der Waals surface area (Å²) < 4.78 is 13.8. The minimum atomic E-state index is -0.655. The number of hydrogen-bond acceptors (Lipinski definition) is 5. The number of rotatable bonds is 5. The van der Waals surface area contributed by atoms with E-state index in [2.05, 4.69) is 11.1 Å². The van der Waals surface area contributed by atoms with E-state index in [1.807, 2.05) is 5.38 Å². The average molecular weight is 390 g/mol. The van der Waals surface area contributed by atoms with Crippen LogP contribution in [0.2, 0.25) is 0 Å². The summed E-state index contributed by atoms with van der Waals surface area (Å²) in [6, 6.07) is 8.58. The van der Waals surface area contributed by atoms with E-state index in [4.69, 9.17) is 0 Å². The van der Waals surface area contributed by atoms with Gasteiger partial charge in [0.15, 0.2) is 4.34 Å². The molecule has 1 heterocycles. The van der Waals surface area contributed by atoms with Crippen LogP contribution in [-0.4, -0.2) is 34.1 Å². The van der Waals surface area contributed by atoms with Gasteiger partial charge in [0, 0.05) is 18.0 Å². The van der Waals surface area contributed by atoms with Crippen LogP contribution < -0.4 is 0 Å². The zero-order chi connectivity index (χ0) is 18.6. The Balaban J connectivity index is 1.61. The van der Waals surface area contributed by atoms with Gasteiger partial charge >= 0.3 is 0 Å². The van der Waals surface area contributed by atoms with Crippen molar-refractivity contribution < 1.29 is 9.18 Å². The van der Waals surface area contributed by atoms with Crippen LogP contribution in [0.5, 0.6) is 0 Å². The topological polar surface area (TPSA) is 57.0 Å². The number of thioether (sulfide) groups is 1. The Morgan fingerprint density at radius 2 is 2.04 bits per heavy atom. The van der Waals surface area contributed by atoms with E-state index in [-0.39, 0.29) is 17.5 Å². The van der Waals surface area contributed by atoms with E-state index < -0.39 is 5.54 Å². The molecule has 1 amide bonds. The minimum Gasteiger partial charge on any atom is -0.326 e. The molecule has 0 bridgehead atoms. The summed E-state index contributed by atoms with van der Waals surface area (Å²) in [6.45, 7) is 0. The normalized spacial score (nSPS) is 16.0. The molecule has 1 aromatic heterocycles. The van der Waals surface area contributed by atoms with Gasteiger partial charge < -0.3 is 4.90 Å². The lowest BCUT2D eigenvalue weighted by Crippen LogP contribution is -2.50. The van der Waals surface area contributed by atoms with Gasteiger partial charge in [-0.3, -0.25) is 4.79 Å². The van der Waals surface area contributed by atoms with Crippen LogP contribution in [0.15, 0.2) is 34.0 Å². The number of carbonyl (C=O) groups excluding carboxylic acids is 1. The fourth-order valence-electron chi connectivity index (χ4n) is 3.19. The van der Waals surface area contributed by atoms with Crippen molar-refractivity contribution in [1.29, 1.82) is 5.26 Å². The quantitative estimate of drug-likeness (QED) is 0.694. The summed E-state index contributed by atoms with van der Waals surface area (Å²) in [6.07, 6.45) is 4.62. The Hall–Kier alpha value is -1.91. The van der Waals surface area contributed by atoms with Crippen molar-refractivity contribution in [2.45, 2.75) is 42.0 Å². The molecule has 26 heavy (non-hydrogen) atoms. The van der Waals surface area contributed by atoms with E-state index >= 15 is 0 Å². The van der Waals surface area contributed by atoms with Crippen molar-refractivity contribution in [1.82, 2.24) is 9.88 Å². The van der Waals surface area contributed by atoms with Crippen LogP contribution >= 0.6 is 23.1 Å². The SMILES string of the molecule is CN(C(=O)CSc1nc(-c2ccc(F)cc2)cs1)C1(C#N)CCCCC1. The third-order valence-electron chi connectivity index (χ3n) is 4.85. The van der Waals surface area contributed by atoms with Crippen molar-refractivity contribution in [3.63, 3.8) is 0 Å². The molecule has 136 valence electrons. The predicted molar refractivity (Wildman–Crippen MR) is 102 cm³/mol. The first kappa shape index (κ1) is 18.9. The molecule has 3 rings (SSSR count). The van der Waals surface area contributed by atoms with Crippen molar-refractivity contribution in [3.05, 3.63) is 35.5 Å². The van der Waals surface area contributed by atoms with Crippen molar-refractivity contribution in [2.24, 2.45) is 0 Å². The van der Waals surface area contributed by atoms with Crippen molar-refractivity contribution >= 4 is 29.0 Å². The monoisotopic (exact) mass is 389 g/mol. The molecule has 1 aliphatic carbocycles. The summed E-state index contributed by atoms with van der Waals surface area (Å²) in [5.74, 6) is -0.0608. The van der Waals surface area contributed by atoms with Crippen LogP contribution in [0, 0.1) is 17.1 Å². The second-order valence-electron chi connectivity index (χ2n) is 6.45. The first-order valence-electron chi connectivity index (χ1n) is 8.56. The summed E-state index contributed by atoms with van der Waals surface area (Å²) in [5.41, 5.74) is 0.973. The molecule has 0 aliphatic heterocycles. The molecule has 0 saturated heterocycles. The zero-order valence-electron chi connectivity index (χ0n) is 14.6. The van der Waals surface area contributed by atoms with Crippen molar-refractivity contribution in [3.8, 4) is 17.3 Å². The van der Waals surface area contributed by atoms with E-state index in [0.717, 1.165) is 47.7 Å². The fraction of sp³-hybridized carbons (Fsp3) is 0.421. The van der Waals surface area contributed by atoms with E-state index in [0.29, 0.717) is 0 Å². The first-order valence-corrected chi connectivity index (χ1v) is 10.4. The molecule has 1 aliphatic rings. The maximum Gasteiger partial charge on any atom is 0.234 e. The molecule has 0 N–H and O–H groups in total. The molecular weight excluding hydrogens is 369 g/mol. The molecule has 0 unspecified atom stereocenters. The summed E-state index contributed by atoms with van der Waals surface area (Å²) in [7, 11) is 1.74. The maximum atomic E-state index is 13.0. The number of thiazole rings is 1. The molecule has 0 atom stereocenters. The van der Waals surface area contributed by atoms with Gasteiger partial charge in [-0.15, -0.1) is 11.3 Å². The zero-order valence-corrected chi connectivity index (χ0v) is 16.2. The lowest BCUT2D eigenvalue weighted by Gasteiger charge is -2.39. The number of benzene rings is 1. The van der Waals surface area contributed by atoms with Crippen LogP contribution in [0.3, 0.4) is 0 Å². The van der Waals surface area contributed by atoms with Gasteiger partial charge in [-0.05, 0) is 37.1 Å². The standard InChI is InChI=1S/C19H20FN3OS2/c1-23(19(13-21)9-3-2-4-10-19)17(24)12-26-18-22-16(11-25-18)14-5-7-15(20)8-6-14/h5-8,11H,2-4,9-10,12H2,1H3. The van der Waals surface area contributed by atoms with E-state index in [1.165, 1.54) is 35.2 Å². The lowest BCUT2D eigenvalue weighted by molar-refractivity contribution is -0.131. The Morgan fingerprint density at radius 1 is 1.35 bits per heavy atom. The van der Waals surface area contributed by atoms with E-state index in [9.17, 15) is 14.4 Å². The third-order valence-corrected chi connectivity index (χ3v) is 6.85. The van der Waals surface area contributed by atoms with Crippen molar-refractivity contribution in [2.75, 3.05) is 12.8 Å². The second kappa shape index (κ2) is 8.19. The number of nitrogens with zero attached hydrogens (tertiary/aromatic N) is 3. The summed E-state index contributed by atoms with van der Waals surface area (Å²) in [5, 5.41) is 11.5. The molecule has 2 aromatic rings. The molecule has 1 saturated carbocycles. The largest absolute Gasteiger partial charge is 0.326 e. The number of halogens is 1. The lowest BCUT2D eigenvalue weighted by atomic mass is 9.81. The van der Waals surface area contributed by atoms with E-state index in [1.54, 1.807) is 24.1 Å². The molecule has 0 radical (unpaired) electrons. The summed E-state index contributed by atoms with van der Waals surface area (Å²) in [4.78, 5) is 18.7. The van der Waals surface area contributed by atoms with Gasteiger partial charge in [-0.1, -0.05) is 31.0 Å². The smallest absolute Gasteiger partial charge is 0.234 e. The van der Waals surface area contributed by atoms with Gasteiger partial charge in [0.2, 0.25) is 5.91 Å². The first-order chi connectivity index (χ1) is 12.5. The molecule has 7 heteroatoms. The van der Waals surface area contributed by atoms with Crippen LogP contribution in [0.25, 0.3) is 11.3 Å². The number of amides is 1. The second-order valence-corrected chi connectivity index (χ2v) is 8.53.